The first-order chi connectivity index (χ1) is 5.86. The first-order valence-electron chi connectivity index (χ1n) is 4.19. The molecule has 1 fully saturated rings. The largest absolute Gasteiger partial charge is 0.384 e. The van der Waals surface area contributed by atoms with Gasteiger partial charge >= 0.3 is 0 Å². The zero-order valence-corrected chi connectivity index (χ0v) is 6.86. The van der Waals surface area contributed by atoms with Crippen LogP contribution in [0.5, 0.6) is 0 Å². The van der Waals surface area contributed by atoms with Crippen molar-refractivity contribution in [1.82, 2.24) is 4.98 Å². The van der Waals surface area contributed by atoms with E-state index in [-0.39, 0.29) is 6.10 Å². The van der Waals surface area contributed by atoms with Crippen molar-refractivity contribution in [3.05, 3.63) is 23.9 Å². The molecule has 2 rings (SSSR count). The Morgan fingerprint density at radius 1 is 1.58 bits per heavy atom. The first kappa shape index (κ1) is 7.55. The maximum absolute atomic E-state index is 5.56. The van der Waals surface area contributed by atoms with Crippen LogP contribution in [0.25, 0.3) is 0 Å². The van der Waals surface area contributed by atoms with Crippen LogP contribution in [0.4, 0.5) is 5.82 Å². The van der Waals surface area contributed by atoms with Crippen molar-refractivity contribution in [3.8, 4) is 0 Å². The predicted octanol–water partition coefficient (Wildman–Crippen LogP) is 1.52. The summed E-state index contributed by atoms with van der Waals surface area (Å²) in [5, 5.41) is 0. The summed E-state index contributed by atoms with van der Waals surface area (Å²) in [4.78, 5) is 3.93. The number of ether oxygens (including phenoxy) is 1. The van der Waals surface area contributed by atoms with E-state index in [1.54, 1.807) is 6.20 Å². The van der Waals surface area contributed by atoms with Gasteiger partial charge in [-0.15, -0.1) is 0 Å². The molecule has 1 atom stereocenters. The molecule has 1 aliphatic rings. The molecule has 0 spiro atoms. The van der Waals surface area contributed by atoms with Gasteiger partial charge in [0.05, 0.1) is 6.10 Å². The molecule has 1 aromatic heterocycles. The van der Waals surface area contributed by atoms with Crippen LogP contribution in [0, 0.1) is 0 Å². The Hall–Kier alpha value is -1.09. The summed E-state index contributed by atoms with van der Waals surface area (Å²) in [6.45, 7) is 0.868. The summed E-state index contributed by atoms with van der Waals surface area (Å²) in [6, 6.07) is 3.85. The van der Waals surface area contributed by atoms with Gasteiger partial charge in [0.25, 0.3) is 0 Å². The van der Waals surface area contributed by atoms with Gasteiger partial charge in [-0.25, -0.2) is 4.98 Å². The van der Waals surface area contributed by atoms with Gasteiger partial charge in [0.2, 0.25) is 0 Å². The summed E-state index contributed by atoms with van der Waals surface area (Å²) in [5.74, 6) is 0.572. The highest BCUT2D eigenvalue weighted by Crippen LogP contribution is 2.28. The van der Waals surface area contributed by atoms with Crippen molar-refractivity contribution in [1.29, 1.82) is 0 Å². The molecule has 2 heterocycles. The molecule has 0 bridgehead atoms. The van der Waals surface area contributed by atoms with Gasteiger partial charge in [0, 0.05) is 12.8 Å². The number of anilines is 1. The Labute approximate surface area is 71.6 Å². The van der Waals surface area contributed by atoms with Gasteiger partial charge < -0.3 is 10.5 Å². The van der Waals surface area contributed by atoms with E-state index in [2.05, 4.69) is 4.98 Å². The third kappa shape index (κ3) is 1.41. The smallest absolute Gasteiger partial charge is 0.123 e. The van der Waals surface area contributed by atoms with Crippen LogP contribution in [0.3, 0.4) is 0 Å². The molecule has 3 nitrogen and oxygen atoms in total. The normalized spacial score (nSPS) is 22.8. The van der Waals surface area contributed by atoms with Gasteiger partial charge in [-0.3, -0.25) is 0 Å². The van der Waals surface area contributed by atoms with Crippen molar-refractivity contribution < 1.29 is 4.74 Å². The second-order valence-corrected chi connectivity index (χ2v) is 3.02. The number of nitrogens with zero attached hydrogens (tertiary/aromatic N) is 1. The molecule has 0 aromatic carbocycles. The molecule has 2 N–H and O–H groups in total. The van der Waals surface area contributed by atoms with Crippen LogP contribution in [-0.4, -0.2) is 11.6 Å². The summed E-state index contributed by atoms with van der Waals surface area (Å²) in [7, 11) is 0. The Bertz CT molecular complexity index is 269. The van der Waals surface area contributed by atoms with Crippen molar-refractivity contribution in [3.63, 3.8) is 0 Å². The number of aromatic nitrogens is 1. The lowest BCUT2D eigenvalue weighted by Crippen LogP contribution is -1.98. The van der Waals surface area contributed by atoms with E-state index in [1.807, 2.05) is 12.1 Å². The molecule has 0 saturated carbocycles. The number of hydrogen-bond acceptors (Lipinski definition) is 3. The van der Waals surface area contributed by atoms with E-state index in [9.17, 15) is 0 Å². The summed E-state index contributed by atoms with van der Waals surface area (Å²) in [5.41, 5.74) is 6.71. The van der Waals surface area contributed by atoms with Crippen molar-refractivity contribution in [2.45, 2.75) is 18.9 Å². The lowest BCUT2D eigenvalue weighted by Gasteiger charge is -2.08. The number of nitrogens with two attached hydrogens (primary N) is 1. The summed E-state index contributed by atoms with van der Waals surface area (Å²) >= 11 is 0. The average Bonchev–Trinajstić information content (AvgIpc) is 2.56. The van der Waals surface area contributed by atoms with E-state index in [0.29, 0.717) is 5.82 Å². The number of nitrogen functional groups attached to an aromatic ring is 1. The molecule has 0 amide bonds. The Balaban J connectivity index is 2.21. The highest BCUT2D eigenvalue weighted by molar-refractivity contribution is 5.33. The van der Waals surface area contributed by atoms with Crippen LogP contribution >= 0.6 is 0 Å². The molecular weight excluding hydrogens is 152 g/mol. The fourth-order valence-electron chi connectivity index (χ4n) is 1.51. The average molecular weight is 164 g/mol. The van der Waals surface area contributed by atoms with E-state index >= 15 is 0 Å². The van der Waals surface area contributed by atoms with Gasteiger partial charge in [-0.2, -0.15) is 0 Å². The maximum Gasteiger partial charge on any atom is 0.123 e. The Morgan fingerprint density at radius 3 is 3.17 bits per heavy atom. The third-order valence-corrected chi connectivity index (χ3v) is 2.11. The molecule has 1 saturated heterocycles. The van der Waals surface area contributed by atoms with Gasteiger partial charge in [-0.05, 0) is 30.5 Å². The monoisotopic (exact) mass is 164 g/mol. The van der Waals surface area contributed by atoms with Gasteiger partial charge in [-0.1, -0.05) is 0 Å². The first-order valence-corrected chi connectivity index (χ1v) is 4.19. The van der Waals surface area contributed by atoms with Crippen LogP contribution in [0.2, 0.25) is 0 Å². The maximum atomic E-state index is 5.56. The van der Waals surface area contributed by atoms with Gasteiger partial charge in [0.15, 0.2) is 0 Å². The lowest BCUT2D eigenvalue weighted by molar-refractivity contribution is 0.112. The second kappa shape index (κ2) is 3.11. The minimum absolute atomic E-state index is 0.246. The Kier molecular flexibility index (Phi) is 1.96. The van der Waals surface area contributed by atoms with E-state index in [4.69, 9.17) is 10.5 Å². The van der Waals surface area contributed by atoms with Crippen molar-refractivity contribution >= 4 is 5.82 Å². The van der Waals surface area contributed by atoms with E-state index < -0.39 is 0 Å². The highest BCUT2D eigenvalue weighted by atomic mass is 16.5. The summed E-state index contributed by atoms with van der Waals surface area (Å²) in [6.07, 6.45) is 4.22. The van der Waals surface area contributed by atoms with Crippen molar-refractivity contribution in [2.75, 3.05) is 12.3 Å². The SMILES string of the molecule is Nc1cc(C2CCCO2)ccn1. The summed E-state index contributed by atoms with van der Waals surface area (Å²) < 4.78 is 5.51. The molecule has 0 radical (unpaired) electrons. The van der Waals surface area contributed by atoms with Crippen molar-refractivity contribution in [2.24, 2.45) is 0 Å². The highest BCUT2D eigenvalue weighted by Gasteiger charge is 2.17. The van der Waals surface area contributed by atoms with Gasteiger partial charge in [0.1, 0.15) is 5.82 Å². The molecule has 64 valence electrons. The standard InChI is InChI=1S/C9H12N2O/c10-9-6-7(3-4-11-9)8-2-1-5-12-8/h3-4,6,8H,1-2,5H2,(H2,10,11). The number of hydrogen-bond donors (Lipinski definition) is 1. The minimum Gasteiger partial charge on any atom is -0.384 e. The molecule has 12 heavy (non-hydrogen) atoms. The van der Waals surface area contributed by atoms with Crippen LogP contribution in [-0.2, 0) is 4.74 Å². The van der Waals surface area contributed by atoms with E-state index in [0.717, 1.165) is 25.0 Å². The molecule has 0 aliphatic carbocycles. The molecule has 3 heteroatoms. The molecule has 1 unspecified atom stereocenters. The fourth-order valence-corrected chi connectivity index (χ4v) is 1.51. The van der Waals surface area contributed by atoms with Crippen LogP contribution < -0.4 is 5.73 Å². The zero-order chi connectivity index (χ0) is 8.39. The van der Waals surface area contributed by atoms with Crippen LogP contribution in [0.1, 0.15) is 24.5 Å². The Morgan fingerprint density at radius 2 is 2.50 bits per heavy atom. The van der Waals surface area contributed by atoms with E-state index in [1.165, 1.54) is 0 Å². The number of rotatable bonds is 1. The topological polar surface area (TPSA) is 48.1 Å². The third-order valence-electron chi connectivity index (χ3n) is 2.11. The lowest BCUT2D eigenvalue weighted by atomic mass is 10.1. The number of pyridine rings is 1. The zero-order valence-electron chi connectivity index (χ0n) is 6.86. The minimum atomic E-state index is 0.246. The molecule has 1 aliphatic heterocycles. The molecule has 1 aromatic rings. The fraction of sp³-hybridized carbons (Fsp3) is 0.444. The molecular formula is C9H12N2O. The second-order valence-electron chi connectivity index (χ2n) is 3.02. The van der Waals surface area contributed by atoms with Crippen LogP contribution in [0.15, 0.2) is 18.3 Å². The quantitative estimate of drug-likeness (QED) is 0.684. The predicted molar refractivity (Wildman–Crippen MR) is 46.6 cm³/mol.